The van der Waals surface area contributed by atoms with Crippen LogP contribution >= 0.6 is 0 Å². The Morgan fingerprint density at radius 2 is 1.95 bits per heavy atom. The first-order chi connectivity index (χ1) is 10.3. The molecule has 0 spiro atoms. The number of hydrogen-bond donors (Lipinski definition) is 2. The van der Waals surface area contributed by atoms with Crippen molar-refractivity contribution in [2.75, 3.05) is 6.54 Å². The number of hydrogen-bond acceptors (Lipinski definition) is 3. The summed E-state index contributed by atoms with van der Waals surface area (Å²) in [4.78, 5) is 4.84. The van der Waals surface area contributed by atoms with Crippen LogP contribution in [-0.4, -0.2) is 11.5 Å². The van der Waals surface area contributed by atoms with E-state index >= 15 is 0 Å². The number of nitrogens with two attached hydrogens (primary N) is 2. The van der Waals surface area contributed by atoms with Crippen molar-refractivity contribution < 1.29 is 0 Å². The number of aryl methyl sites for hydroxylation is 1. The number of fused-ring (bicyclic) bond motifs is 2. The van der Waals surface area contributed by atoms with E-state index in [9.17, 15) is 0 Å². The van der Waals surface area contributed by atoms with E-state index in [2.05, 4.69) is 24.3 Å². The van der Waals surface area contributed by atoms with Gasteiger partial charge in [0, 0.05) is 17.1 Å². The normalized spacial score (nSPS) is 15.3. The van der Waals surface area contributed by atoms with Crippen LogP contribution in [0.5, 0.6) is 0 Å². The minimum absolute atomic E-state index is 0.127. The number of nitrogens with zero attached hydrogens (tertiary/aromatic N) is 1. The highest BCUT2D eigenvalue weighted by atomic mass is 14.7. The van der Waals surface area contributed by atoms with E-state index in [0.717, 1.165) is 44.2 Å². The van der Waals surface area contributed by atoms with Crippen LogP contribution in [0.4, 0.5) is 0 Å². The fraction of sp³-hybridized carbons (Fsp3) is 0.500. The Balaban J connectivity index is 1.92. The summed E-state index contributed by atoms with van der Waals surface area (Å²) in [6, 6.07) is 8.57. The van der Waals surface area contributed by atoms with Gasteiger partial charge < -0.3 is 11.5 Å². The van der Waals surface area contributed by atoms with Gasteiger partial charge in [-0.05, 0) is 55.8 Å². The van der Waals surface area contributed by atoms with Gasteiger partial charge >= 0.3 is 0 Å². The molecule has 1 heterocycles. The van der Waals surface area contributed by atoms with Gasteiger partial charge in [-0.2, -0.15) is 0 Å². The molecule has 0 bridgehead atoms. The summed E-state index contributed by atoms with van der Waals surface area (Å²) in [6.45, 7) is 0.781. The van der Waals surface area contributed by atoms with Crippen molar-refractivity contribution >= 4 is 10.9 Å². The van der Waals surface area contributed by atoms with Gasteiger partial charge in [0.2, 0.25) is 0 Å². The zero-order chi connectivity index (χ0) is 14.7. The van der Waals surface area contributed by atoms with E-state index in [4.69, 9.17) is 16.5 Å². The van der Waals surface area contributed by atoms with Crippen molar-refractivity contribution in [3.05, 3.63) is 41.1 Å². The Morgan fingerprint density at radius 1 is 1.10 bits per heavy atom. The molecule has 0 aliphatic heterocycles. The molecule has 0 radical (unpaired) electrons. The quantitative estimate of drug-likeness (QED) is 0.800. The molecule has 3 heteroatoms. The number of para-hydroxylation sites is 1. The fourth-order valence-electron chi connectivity index (χ4n) is 3.50. The molecule has 0 amide bonds. The predicted octanol–water partition coefficient (Wildman–Crippen LogP) is 3.24. The number of pyridine rings is 1. The zero-order valence-electron chi connectivity index (χ0n) is 12.6. The second-order valence-corrected chi connectivity index (χ2v) is 6.07. The smallest absolute Gasteiger partial charge is 0.0708 e. The third kappa shape index (κ3) is 2.94. The first-order valence-electron chi connectivity index (χ1n) is 8.17. The molecular formula is C18H25N3. The van der Waals surface area contributed by atoms with Crippen LogP contribution in [0, 0.1) is 0 Å². The van der Waals surface area contributed by atoms with Crippen LogP contribution in [0.15, 0.2) is 24.3 Å². The van der Waals surface area contributed by atoms with Gasteiger partial charge in [0.25, 0.3) is 0 Å². The molecule has 1 aliphatic carbocycles. The number of rotatable bonds is 6. The molecule has 1 aliphatic rings. The zero-order valence-corrected chi connectivity index (χ0v) is 12.6. The van der Waals surface area contributed by atoms with Crippen LogP contribution in [-0.2, 0) is 12.8 Å². The van der Waals surface area contributed by atoms with E-state index in [1.54, 1.807) is 0 Å². The summed E-state index contributed by atoms with van der Waals surface area (Å²) in [5.74, 6) is 0. The highest BCUT2D eigenvalue weighted by Crippen LogP contribution is 2.34. The molecule has 1 aromatic carbocycles. The standard InChI is InChI=1S/C18H25N3/c19-12-5-1-2-9-15(20)18-13-7-3-4-10-16(13)21-17-11-6-8-14(17)18/h3-4,7,10,15H,1-2,5-6,8-9,11-12,19-20H2. The van der Waals surface area contributed by atoms with E-state index in [-0.39, 0.29) is 6.04 Å². The lowest BCUT2D eigenvalue weighted by Gasteiger charge is -2.19. The summed E-state index contributed by atoms with van der Waals surface area (Å²) in [5.41, 5.74) is 17.3. The van der Waals surface area contributed by atoms with E-state index < -0.39 is 0 Å². The maximum Gasteiger partial charge on any atom is 0.0708 e. The van der Waals surface area contributed by atoms with Crippen molar-refractivity contribution in [3.63, 3.8) is 0 Å². The molecule has 0 saturated heterocycles. The van der Waals surface area contributed by atoms with Crippen LogP contribution < -0.4 is 11.5 Å². The van der Waals surface area contributed by atoms with Gasteiger partial charge in [0.1, 0.15) is 0 Å². The van der Waals surface area contributed by atoms with Gasteiger partial charge in [-0.25, -0.2) is 0 Å². The first-order valence-corrected chi connectivity index (χ1v) is 8.17. The molecule has 112 valence electrons. The topological polar surface area (TPSA) is 64.9 Å². The average Bonchev–Trinajstić information content (AvgIpc) is 2.96. The summed E-state index contributed by atoms with van der Waals surface area (Å²) in [5, 5.41) is 1.25. The lowest BCUT2D eigenvalue weighted by atomic mass is 9.92. The van der Waals surface area contributed by atoms with Crippen molar-refractivity contribution in [3.8, 4) is 0 Å². The van der Waals surface area contributed by atoms with Gasteiger partial charge in [-0.1, -0.05) is 31.0 Å². The second-order valence-electron chi connectivity index (χ2n) is 6.07. The maximum absolute atomic E-state index is 6.56. The maximum atomic E-state index is 6.56. The summed E-state index contributed by atoms with van der Waals surface area (Å²) < 4.78 is 0. The van der Waals surface area contributed by atoms with E-state index in [1.807, 2.05) is 0 Å². The molecule has 1 atom stereocenters. The molecule has 2 aromatic rings. The minimum atomic E-state index is 0.127. The molecule has 0 fully saturated rings. The Labute approximate surface area is 126 Å². The Kier molecular flexibility index (Phi) is 4.51. The van der Waals surface area contributed by atoms with Crippen LogP contribution in [0.3, 0.4) is 0 Å². The van der Waals surface area contributed by atoms with Gasteiger partial charge in [-0.15, -0.1) is 0 Å². The average molecular weight is 283 g/mol. The SMILES string of the molecule is NCCCCCC(N)c1c2c(nc3ccccc13)CCC2. The predicted molar refractivity (Wildman–Crippen MR) is 88.2 cm³/mol. The highest BCUT2D eigenvalue weighted by molar-refractivity contribution is 5.84. The first kappa shape index (κ1) is 14.5. The number of aromatic nitrogens is 1. The third-order valence-corrected chi connectivity index (χ3v) is 4.55. The van der Waals surface area contributed by atoms with Crippen molar-refractivity contribution in [1.82, 2.24) is 4.98 Å². The lowest BCUT2D eigenvalue weighted by molar-refractivity contribution is 0.572. The lowest BCUT2D eigenvalue weighted by Crippen LogP contribution is -2.14. The summed E-state index contributed by atoms with van der Waals surface area (Å²) in [7, 11) is 0. The van der Waals surface area contributed by atoms with Crippen LogP contribution in [0.2, 0.25) is 0 Å². The van der Waals surface area contributed by atoms with Crippen molar-refractivity contribution in [1.29, 1.82) is 0 Å². The van der Waals surface area contributed by atoms with Crippen LogP contribution in [0.1, 0.15) is 55.0 Å². The molecule has 3 nitrogen and oxygen atoms in total. The molecular weight excluding hydrogens is 258 g/mol. The Morgan fingerprint density at radius 3 is 2.81 bits per heavy atom. The molecule has 1 unspecified atom stereocenters. The fourth-order valence-corrected chi connectivity index (χ4v) is 3.50. The van der Waals surface area contributed by atoms with Crippen LogP contribution in [0.25, 0.3) is 10.9 Å². The molecule has 0 saturated carbocycles. The summed E-state index contributed by atoms with van der Waals surface area (Å²) in [6.07, 6.45) is 7.93. The van der Waals surface area contributed by atoms with E-state index in [0.29, 0.717) is 0 Å². The largest absolute Gasteiger partial charge is 0.330 e. The number of benzene rings is 1. The molecule has 4 N–H and O–H groups in total. The highest BCUT2D eigenvalue weighted by Gasteiger charge is 2.22. The van der Waals surface area contributed by atoms with Gasteiger partial charge in [-0.3, -0.25) is 4.98 Å². The number of unbranched alkanes of at least 4 members (excludes halogenated alkanes) is 2. The molecule has 3 rings (SSSR count). The minimum Gasteiger partial charge on any atom is -0.330 e. The van der Waals surface area contributed by atoms with Crippen molar-refractivity contribution in [2.45, 2.75) is 51.0 Å². The van der Waals surface area contributed by atoms with Gasteiger partial charge in [0.15, 0.2) is 0 Å². The monoisotopic (exact) mass is 283 g/mol. The summed E-state index contributed by atoms with van der Waals surface area (Å²) >= 11 is 0. The van der Waals surface area contributed by atoms with E-state index in [1.165, 1.54) is 35.0 Å². The van der Waals surface area contributed by atoms with Crippen molar-refractivity contribution in [2.24, 2.45) is 11.5 Å². The Bertz CT molecular complexity index is 621. The third-order valence-electron chi connectivity index (χ3n) is 4.55. The Hall–Kier alpha value is -1.45. The van der Waals surface area contributed by atoms with Gasteiger partial charge in [0.05, 0.1) is 5.52 Å². The molecule has 21 heavy (non-hydrogen) atoms. The molecule has 1 aromatic heterocycles. The second kappa shape index (κ2) is 6.54.